The summed E-state index contributed by atoms with van der Waals surface area (Å²) in [5.74, 6) is 0.902. The summed E-state index contributed by atoms with van der Waals surface area (Å²) >= 11 is 0. The first kappa shape index (κ1) is 13.6. The van der Waals surface area contributed by atoms with Gasteiger partial charge in [-0.15, -0.1) is 0 Å². The molecule has 2 heteroatoms. The lowest BCUT2D eigenvalue weighted by molar-refractivity contribution is 0.415. The van der Waals surface area contributed by atoms with Crippen LogP contribution in [0.25, 0.3) is 16.8 Å². The molecule has 0 radical (unpaired) electrons. The van der Waals surface area contributed by atoms with E-state index in [2.05, 4.69) is 55.6 Å². The Balaban J connectivity index is 2.26. The lowest BCUT2D eigenvalue weighted by Crippen LogP contribution is -2.14. The predicted octanol–water partition coefficient (Wildman–Crippen LogP) is 3.86. The number of rotatable bonds is 5. The third-order valence-electron chi connectivity index (χ3n) is 3.14. The van der Waals surface area contributed by atoms with Crippen LogP contribution in [0.3, 0.4) is 0 Å². The van der Waals surface area contributed by atoms with Gasteiger partial charge in [-0.2, -0.15) is 0 Å². The fraction of sp³-hybridized carbons (Fsp3) is 0.294. The van der Waals surface area contributed by atoms with Gasteiger partial charge >= 0.3 is 0 Å². The zero-order valence-corrected chi connectivity index (χ0v) is 11.9. The van der Waals surface area contributed by atoms with E-state index in [1.165, 1.54) is 21.9 Å². The van der Waals surface area contributed by atoms with E-state index in [0.717, 1.165) is 18.8 Å². The van der Waals surface area contributed by atoms with Crippen molar-refractivity contribution in [1.82, 2.24) is 5.32 Å². The second-order valence-corrected chi connectivity index (χ2v) is 4.74. The predicted molar refractivity (Wildman–Crippen MR) is 82.7 cm³/mol. The summed E-state index contributed by atoms with van der Waals surface area (Å²) in [4.78, 5) is 0. The zero-order valence-electron chi connectivity index (χ0n) is 11.9. The van der Waals surface area contributed by atoms with E-state index < -0.39 is 0 Å². The summed E-state index contributed by atoms with van der Waals surface area (Å²) in [6.45, 7) is 6.22. The quantitative estimate of drug-likeness (QED) is 0.876. The number of hydrogen-bond donors (Lipinski definition) is 1. The van der Waals surface area contributed by atoms with Gasteiger partial charge in [0.05, 0.1) is 7.11 Å². The highest BCUT2D eigenvalue weighted by Crippen LogP contribution is 2.22. The first-order valence-electron chi connectivity index (χ1n) is 6.68. The molecule has 1 N–H and O–H groups in total. The molecular weight excluding hydrogens is 234 g/mol. The molecule has 100 valence electrons. The molecule has 2 rings (SSSR count). The summed E-state index contributed by atoms with van der Waals surface area (Å²) < 4.78 is 5.24. The van der Waals surface area contributed by atoms with E-state index >= 15 is 0 Å². The maximum Gasteiger partial charge on any atom is 0.119 e. The number of hydrogen-bond acceptors (Lipinski definition) is 2. The Hall–Kier alpha value is -1.80. The Morgan fingerprint density at radius 3 is 2.63 bits per heavy atom. The van der Waals surface area contributed by atoms with Gasteiger partial charge in [0.1, 0.15) is 5.75 Å². The van der Waals surface area contributed by atoms with Gasteiger partial charge in [0, 0.05) is 6.54 Å². The minimum atomic E-state index is 0.902. The van der Waals surface area contributed by atoms with Crippen molar-refractivity contribution in [3.63, 3.8) is 0 Å². The molecule has 2 aromatic carbocycles. The lowest BCUT2D eigenvalue weighted by atomic mass is 10.0. The van der Waals surface area contributed by atoms with Gasteiger partial charge < -0.3 is 10.1 Å². The largest absolute Gasteiger partial charge is 0.497 e. The molecule has 0 amide bonds. The minimum Gasteiger partial charge on any atom is -0.497 e. The average Bonchev–Trinajstić information content (AvgIpc) is 2.44. The van der Waals surface area contributed by atoms with Crippen LogP contribution in [-0.2, 0) is 0 Å². The van der Waals surface area contributed by atoms with Crippen LogP contribution in [0.15, 0.2) is 42.0 Å². The maximum atomic E-state index is 5.24. The van der Waals surface area contributed by atoms with Gasteiger partial charge in [-0.25, -0.2) is 0 Å². The smallest absolute Gasteiger partial charge is 0.119 e. The van der Waals surface area contributed by atoms with Crippen molar-refractivity contribution < 1.29 is 4.74 Å². The van der Waals surface area contributed by atoms with E-state index in [9.17, 15) is 0 Å². The van der Waals surface area contributed by atoms with E-state index in [0.29, 0.717) is 0 Å². The van der Waals surface area contributed by atoms with Crippen molar-refractivity contribution in [3.05, 3.63) is 47.5 Å². The topological polar surface area (TPSA) is 21.3 Å². The van der Waals surface area contributed by atoms with Gasteiger partial charge in [-0.05, 0) is 48.0 Å². The molecule has 2 aromatic rings. The minimum absolute atomic E-state index is 0.902. The van der Waals surface area contributed by atoms with Gasteiger partial charge in [0.15, 0.2) is 0 Å². The summed E-state index contributed by atoms with van der Waals surface area (Å²) in [7, 11) is 1.70. The fourth-order valence-corrected chi connectivity index (χ4v) is 2.12. The maximum absolute atomic E-state index is 5.24. The third-order valence-corrected chi connectivity index (χ3v) is 3.14. The fourth-order valence-electron chi connectivity index (χ4n) is 2.12. The standard InChI is InChI=1S/C17H21NO/c1-4-18-12-13(2)9-14-5-6-16-11-17(19-3)8-7-15(16)10-14/h5-11,18H,4,12H2,1-3H3. The monoisotopic (exact) mass is 255 g/mol. The molecule has 0 unspecified atom stereocenters. The average molecular weight is 255 g/mol. The Bertz CT molecular complexity index is 587. The van der Waals surface area contributed by atoms with Crippen molar-refractivity contribution in [2.75, 3.05) is 20.2 Å². The zero-order chi connectivity index (χ0) is 13.7. The van der Waals surface area contributed by atoms with Gasteiger partial charge in [-0.3, -0.25) is 0 Å². The second-order valence-electron chi connectivity index (χ2n) is 4.74. The molecule has 0 spiro atoms. The third kappa shape index (κ3) is 3.58. The molecule has 0 atom stereocenters. The molecule has 0 aliphatic carbocycles. The molecule has 2 nitrogen and oxygen atoms in total. The van der Waals surface area contributed by atoms with Crippen LogP contribution in [-0.4, -0.2) is 20.2 Å². The van der Waals surface area contributed by atoms with Crippen LogP contribution in [0.4, 0.5) is 0 Å². The van der Waals surface area contributed by atoms with Gasteiger partial charge in [0.25, 0.3) is 0 Å². The molecule has 0 heterocycles. The number of ether oxygens (including phenoxy) is 1. The van der Waals surface area contributed by atoms with E-state index in [1.54, 1.807) is 7.11 Å². The number of nitrogens with one attached hydrogen (secondary N) is 1. The van der Waals surface area contributed by atoms with Crippen LogP contribution in [0, 0.1) is 0 Å². The van der Waals surface area contributed by atoms with E-state index in [-0.39, 0.29) is 0 Å². The lowest BCUT2D eigenvalue weighted by Gasteiger charge is -2.05. The molecular formula is C17H21NO. The van der Waals surface area contributed by atoms with Crippen LogP contribution >= 0.6 is 0 Å². The highest BCUT2D eigenvalue weighted by atomic mass is 16.5. The number of likely N-dealkylation sites (N-methyl/N-ethyl adjacent to an activating group) is 1. The molecule has 0 saturated heterocycles. The SMILES string of the molecule is CCNCC(C)=Cc1ccc2cc(OC)ccc2c1. The summed E-state index contributed by atoms with van der Waals surface area (Å²) in [6, 6.07) is 12.7. The Kier molecular flexibility index (Phi) is 4.58. The molecule has 0 fully saturated rings. The molecule has 0 saturated carbocycles. The molecule has 0 aliphatic rings. The number of fused-ring (bicyclic) bond motifs is 1. The highest BCUT2D eigenvalue weighted by Gasteiger charge is 1.98. The summed E-state index contributed by atoms with van der Waals surface area (Å²) in [5.41, 5.74) is 2.59. The van der Waals surface area contributed by atoms with Crippen molar-refractivity contribution in [3.8, 4) is 5.75 Å². The van der Waals surface area contributed by atoms with Crippen LogP contribution < -0.4 is 10.1 Å². The Morgan fingerprint density at radius 2 is 1.89 bits per heavy atom. The molecule has 19 heavy (non-hydrogen) atoms. The van der Waals surface area contributed by atoms with Crippen molar-refractivity contribution >= 4 is 16.8 Å². The highest BCUT2D eigenvalue weighted by molar-refractivity contribution is 5.86. The Labute approximate surface area is 115 Å². The normalized spacial score (nSPS) is 11.8. The van der Waals surface area contributed by atoms with Gasteiger partial charge in [-0.1, -0.05) is 36.8 Å². The first-order valence-corrected chi connectivity index (χ1v) is 6.68. The van der Waals surface area contributed by atoms with E-state index in [1.807, 2.05) is 6.07 Å². The van der Waals surface area contributed by atoms with E-state index in [4.69, 9.17) is 4.74 Å². The molecule has 0 aromatic heterocycles. The van der Waals surface area contributed by atoms with Crippen molar-refractivity contribution in [2.24, 2.45) is 0 Å². The van der Waals surface area contributed by atoms with Crippen molar-refractivity contribution in [1.29, 1.82) is 0 Å². The second kappa shape index (κ2) is 6.39. The molecule has 0 aliphatic heterocycles. The van der Waals surface area contributed by atoms with Crippen LogP contribution in [0.2, 0.25) is 0 Å². The number of benzene rings is 2. The number of methoxy groups -OCH3 is 1. The summed E-state index contributed by atoms with van der Waals surface area (Å²) in [5, 5.41) is 5.79. The van der Waals surface area contributed by atoms with Crippen LogP contribution in [0.5, 0.6) is 5.75 Å². The summed E-state index contributed by atoms with van der Waals surface area (Å²) in [6.07, 6.45) is 2.23. The van der Waals surface area contributed by atoms with Crippen molar-refractivity contribution in [2.45, 2.75) is 13.8 Å². The van der Waals surface area contributed by atoms with Gasteiger partial charge in [0.2, 0.25) is 0 Å². The molecule has 0 bridgehead atoms. The Morgan fingerprint density at radius 1 is 1.16 bits per heavy atom. The first-order chi connectivity index (χ1) is 9.22. The van der Waals surface area contributed by atoms with Crippen LogP contribution in [0.1, 0.15) is 19.4 Å².